The molecule has 0 aliphatic heterocycles. The van der Waals surface area contributed by atoms with Crippen LogP contribution < -0.4 is 10.6 Å². The molecule has 2 amide bonds. The van der Waals surface area contributed by atoms with Crippen LogP contribution in [-0.4, -0.2) is 17.9 Å². The summed E-state index contributed by atoms with van der Waals surface area (Å²) in [6.45, 7) is 3.30. The molecule has 8 heteroatoms. The first kappa shape index (κ1) is 16.3. The second-order valence-corrected chi connectivity index (χ2v) is 4.68. The van der Waals surface area contributed by atoms with Crippen LogP contribution in [0.4, 0.5) is 18.9 Å². The topological polar surface area (TPSA) is 58.2 Å². The number of hydrogen-bond donors (Lipinski definition) is 2. The summed E-state index contributed by atoms with van der Waals surface area (Å²) in [7, 11) is 0. The third kappa shape index (κ3) is 4.41. The molecule has 0 aliphatic rings. The van der Waals surface area contributed by atoms with Crippen molar-refractivity contribution >= 4 is 29.1 Å². The van der Waals surface area contributed by atoms with E-state index in [0.29, 0.717) is 6.07 Å². The molecule has 4 nitrogen and oxygen atoms in total. The highest BCUT2D eigenvalue weighted by Crippen LogP contribution is 2.36. The summed E-state index contributed by atoms with van der Waals surface area (Å²) in [5, 5.41) is 3.91. The van der Waals surface area contributed by atoms with Crippen molar-refractivity contribution in [1.82, 2.24) is 5.32 Å². The minimum absolute atomic E-state index is 0.161. The zero-order valence-electron chi connectivity index (χ0n) is 10.6. The monoisotopic (exact) mass is 308 g/mol. The molecule has 1 aromatic rings. The highest BCUT2D eigenvalue weighted by Gasteiger charge is 2.33. The Morgan fingerprint density at radius 2 is 1.80 bits per heavy atom. The molecule has 0 atom stereocenters. The Bertz CT molecular complexity index is 530. The smallest absolute Gasteiger partial charge is 0.346 e. The van der Waals surface area contributed by atoms with Gasteiger partial charge in [0.25, 0.3) is 0 Å². The van der Waals surface area contributed by atoms with Gasteiger partial charge in [-0.1, -0.05) is 11.6 Å². The lowest BCUT2D eigenvalue weighted by Gasteiger charge is -2.12. The van der Waals surface area contributed by atoms with Gasteiger partial charge in [0, 0.05) is 11.7 Å². The highest BCUT2D eigenvalue weighted by atomic mass is 35.5. The second kappa shape index (κ2) is 6.13. The second-order valence-electron chi connectivity index (χ2n) is 4.27. The Labute approximate surface area is 118 Å². The van der Waals surface area contributed by atoms with Gasteiger partial charge in [0.1, 0.15) is 0 Å². The molecule has 0 aliphatic carbocycles. The highest BCUT2D eigenvalue weighted by molar-refractivity contribution is 6.39. The van der Waals surface area contributed by atoms with Crippen molar-refractivity contribution in [2.75, 3.05) is 5.32 Å². The van der Waals surface area contributed by atoms with E-state index in [1.54, 1.807) is 13.8 Å². The average molecular weight is 309 g/mol. The minimum Gasteiger partial charge on any atom is -0.346 e. The average Bonchev–Trinajstić information content (AvgIpc) is 2.29. The molecule has 0 bridgehead atoms. The number of nitrogens with one attached hydrogen (secondary N) is 2. The van der Waals surface area contributed by atoms with Gasteiger partial charge in [-0.15, -0.1) is 0 Å². The quantitative estimate of drug-likeness (QED) is 0.825. The normalized spacial score (nSPS) is 11.3. The lowest BCUT2D eigenvalue weighted by Crippen LogP contribution is -2.39. The number of hydrogen-bond acceptors (Lipinski definition) is 2. The van der Waals surface area contributed by atoms with Crippen LogP contribution >= 0.6 is 11.6 Å². The maximum Gasteiger partial charge on any atom is 0.417 e. The minimum atomic E-state index is -4.64. The van der Waals surface area contributed by atoms with Gasteiger partial charge in [0.2, 0.25) is 0 Å². The van der Waals surface area contributed by atoms with E-state index in [1.807, 2.05) is 0 Å². The number of benzene rings is 1. The van der Waals surface area contributed by atoms with E-state index in [2.05, 4.69) is 10.6 Å². The van der Waals surface area contributed by atoms with Gasteiger partial charge in [-0.05, 0) is 32.0 Å². The maximum atomic E-state index is 12.6. The molecule has 0 fully saturated rings. The van der Waals surface area contributed by atoms with Crippen molar-refractivity contribution in [3.63, 3.8) is 0 Å². The Morgan fingerprint density at radius 1 is 1.20 bits per heavy atom. The summed E-state index contributed by atoms with van der Waals surface area (Å²) in [6.07, 6.45) is -4.64. The molecule has 0 aromatic heterocycles. The van der Waals surface area contributed by atoms with Crippen LogP contribution in [0.15, 0.2) is 18.2 Å². The number of carbonyl (C=O) groups excluding carboxylic acids is 2. The van der Waals surface area contributed by atoms with Gasteiger partial charge in [0.05, 0.1) is 10.6 Å². The molecule has 0 unspecified atom stereocenters. The Hall–Kier alpha value is -1.76. The van der Waals surface area contributed by atoms with E-state index in [-0.39, 0.29) is 11.7 Å². The first-order valence-electron chi connectivity index (χ1n) is 5.60. The van der Waals surface area contributed by atoms with E-state index in [0.717, 1.165) is 6.07 Å². The summed E-state index contributed by atoms with van der Waals surface area (Å²) in [6, 6.07) is 2.59. The van der Waals surface area contributed by atoms with Crippen molar-refractivity contribution in [3.8, 4) is 0 Å². The van der Waals surface area contributed by atoms with Gasteiger partial charge in [-0.3, -0.25) is 9.59 Å². The zero-order chi connectivity index (χ0) is 15.5. The van der Waals surface area contributed by atoms with Gasteiger partial charge >= 0.3 is 18.0 Å². The maximum absolute atomic E-state index is 12.6. The summed E-state index contributed by atoms with van der Waals surface area (Å²) >= 11 is 5.44. The molecule has 20 heavy (non-hydrogen) atoms. The Kier molecular flexibility index (Phi) is 4.99. The number of anilines is 1. The van der Waals surface area contributed by atoms with E-state index in [4.69, 9.17) is 11.6 Å². The number of alkyl halides is 3. The predicted octanol–water partition coefficient (Wildman–Crippen LogP) is 2.82. The van der Waals surface area contributed by atoms with Crippen LogP contribution in [0.5, 0.6) is 0 Å². The molecule has 0 spiro atoms. The van der Waals surface area contributed by atoms with Crippen LogP contribution in [-0.2, 0) is 15.8 Å². The van der Waals surface area contributed by atoms with E-state index in [9.17, 15) is 22.8 Å². The fraction of sp³-hybridized carbons (Fsp3) is 0.333. The van der Waals surface area contributed by atoms with Gasteiger partial charge in [-0.2, -0.15) is 13.2 Å². The number of rotatable bonds is 2. The third-order valence-corrected chi connectivity index (χ3v) is 2.49. The van der Waals surface area contributed by atoms with E-state index < -0.39 is 28.6 Å². The molecule has 0 saturated carbocycles. The lowest BCUT2D eigenvalue weighted by molar-refractivity contribution is -0.137. The summed E-state index contributed by atoms with van der Waals surface area (Å²) in [4.78, 5) is 22.8. The van der Waals surface area contributed by atoms with Crippen molar-refractivity contribution in [2.24, 2.45) is 0 Å². The van der Waals surface area contributed by atoms with E-state index in [1.165, 1.54) is 6.07 Å². The SMILES string of the molecule is CC(C)NC(=O)C(=O)Nc1ccc(Cl)c(C(F)(F)F)c1. The summed E-state index contributed by atoms with van der Waals surface area (Å²) in [5.74, 6) is -1.97. The van der Waals surface area contributed by atoms with E-state index >= 15 is 0 Å². The molecule has 1 rings (SSSR count). The van der Waals surface area contributed by atoms with Crippen LogP contribution in [0.3, 0.4) is 0 Å². The largest absolute Gasteiger partial charge is 0.417 e. The van der Waals surface area contributed by atoms with Crippen LogP contribution in [0.2, 0.25) is 5.02 Å². The molecular weight excluding hydrogens is 297 g/mol. The number of amides is 2. The van der Waals surface area contributed by atoms with Crippen LogP contribution in [0, 0.1) is 0 Å². The van der Waals surface area contributed by atoms with Crippen molar-refractivity contribution < 1.29 is 22.8 Å². The fourth-order valence-corrected chi connectivity index (χ4v) is 1.56. The first-order chi connectivity index (χ1) is 9.11. The first-order valence-corrected chi connectivity index (χ1v) is 5.97. The van der Waals surface area contributed by atoms with Gasteiger partial charge < -0.3 is 10.6 Å². The summed E-state index contributed by atoms with van der Waals surface area (Å²) in [5.41, 5.74) is -1.24. The summed E-state index contributed by atoms with van der Waals surface area (Å²) < 4.78 is 37.9. The Balaban J connectivity index is 2.89. The molecule has 110 valence electrons. The number of halogens is 4. The fourth-order valence-electron chi connectivity index (χ4n) is 1.34. The Morgan fingerprint density at radius 3 is 2.30 bits per heavy atom. The standard InChI is InChI=1S/C12H12ClF3N2O2/c1-6(2)17-10(19)11(20)18-7-3-4-9(13)8(5-7)12(14,15)16/h3-6H,1-2H3,(H,17,19)(H,18,20). The number of carbonyl (C=O) groups is 2. The predicted molar refractivity (Wildman–Crippen MR) is 68.4 cm³/mol. The van der Waals surface area contributed by atoms with Crippen molar-refractivity contribution in [3.05, 3.63) is 28.8 Å². The molecule has 0 saturated heterocycles. The van der Waals surface area contributed by atoms with Gasteiger partial charge in [-0.25, -0.2) is 0 Å². The van der Waals surface area contributed by atoms with Crippen LogP contribution in [0.1, 0.15) is 19.4 Å². The molecule has 0 radical (unpaired) electrons. The van der Waals surface area contributed by atoms with Crippen LogP contribution in [0.25, 0.3) is 0 Å². The van der Waals surface area contributed by atoms with Crippen molar-refractivity contribution in [2.45, 2.75) is 26.1 Å². The molecular formula is C12H12ClF3N2O2. The van der Waals surface area contributed by atoms with Crippen molar-refractivity contribution in [1.29, 1.82) is 0 Å². The zero-order valence-corrected chi connectivity index (χ0v) is 11.4. The molecule has 1 aromatic carbocycles. The van der Waals surface area contributed by atoms with Gasteiger partial charge in [0.15, 0.2) is 0 Å². The lowest BCUT2D eigenvalue weighted by atomic mass is 10.2. The molecule has 0 heterocycles. The molecule has 2 N–H and O–H groups in total. The third-order valence-electron chi connectivity index (χ3n) is 2.16.